The summed E-state index contributed by atoms with van der Waals surface area (Å²) in [5, 5.41) is 2.79. The van der Waals surface area contributed by atoms with E-state index in [1.54, 1.807) is 37.1 Å². The second-order valence-corrected chi connectivity index (χ2v) is 4.58. The average Bonchev–Trinajstić information content (AvgIpc) is 2.32. The summed E-state index contributed by atoms with van der Waals surface area (Å²) in [4.78, 5) is 11.6. The number of hydrogen-bond acceptors (Lipinski definition) is 4. The molecular weight excluding hydrogens is 236 g/mol. The van der Waals surface area contributed by atoms with E-state index in [0.29, 0.717) is 23.5 Å². The van der Waals surface area contributed by atoms with Gasteiger partial charge in [0.2, 0.25) is 5.91 Å². The van der Waals surface area contributed by atoms with E-state index >= 15 is 0 Å². The van der Waals surface area contributed by atoms with E-state index in [2.05, 4.69) is 5.32 Å². The first-order valence-electron chi connectivity index (χ1n) is 5.39. The zero-order valence-corrected chi connectivity index (χ0v) is 11.0. The summed E-state index contributed by atoms with van der Waals surface area (Å²) in [6, 6.07) is 5.21. The van der Waals surface area contributed by atoms with E-state index in [1.165, 1.54) is 0 Å². The molecule has 0 saturated heterocycles. The zero-order valence-electron chi connectivity index (χ0n) is 10.2. The quantitative estimate of drug-likeness (QED) is 0.604. The molecule has 0 aromatic heterocycles. The van der Waals surface area contributed by atoms with Gasteiger partial charge in [0, 0.05) is 12.5 Å². The molecule has 0 spiro atoms. The smallest absolute Gasteiger partial charge is 0.224 e. The summed E-state index contributed by atoms with van der Waals surface area (Å²) in [6.07, 6.45) is 3.43. The summed E-state index contributed by atoms with van der Waals surface area (Å²) in [6.45, 7) is 0. The van der Waals surface area contributed by atoms with Crippen molar-refractivity contribution < 1.29 is 9.53 Å². The standard InChI is InChI=1S/C12H18N2O2S/c1-16-9-5-6-11(10(13)8-9)14-12(15)4-3-7-17-2/h5-6,8H,3-4,7,13H2,1-2H3,(H,14,15). The van der Waals surface area contributed by atoms with Crippen molar-refractivity contribution in [2.75, 3.05) is 30.2 Å². The van der Waals surface area contributed by atoms with Gasteiger partial charge in [0.25, 0.3) is 0 Å². The third-order valence-electron chi connectivity index (χ3n) is 2.29. The number of ether oxygens (including phenoxy) is 1. The number of carbonyl (C=O) groups is 1. The largest absolute Gasteiger partial charge is 0.497 e. The highest BCUT2D eigenvalue weighted by Gasteiger charge is 2.05. The molecule has 5 heteroatoms. The molecule has 0 fully saturated rings. The Hall–Kier alpha value is -1.36. The van der Waals surface area contributed by atoms with Gasteiger partial charge in [0.05, 0.1) is 18.5 Å². The molecule has 0 unspecified atom stereocenters. The van der Waals surface area contributed by atoms with Crippen molar-refractivity contribution in [3.8, 4) is 5.75 Å². The fourth-order valence-corrected chi connectivity index (χ4v) is 1.80. The Labute approximate surface area is 106 Å². The molecule has 1 aromatic rings. The topological polar surface area (TPSA) is 64.3 Å². The van der Waals surface area contributed by atoms with Gasteiger partial charge < -0.3 is 15.8 Å². The predicted molar refractivity (Wildman–Crippen MR) is 73.7 cm³/mol. The van der Waals surface area contributed by atoms with Gasteiger partial charge in [-0.2, -0.15) is 11.8 Å². The molecule has 1 amide bonds. The molecular formula is C12H18N2O2S. The summed E-state index contributed by atoms with van der Waals surface area (Å²) in [5.41, 5.74) is 6.96. The second kappa shape index (κ2) is 7.06. The van der Waals surface area contributed by atoms with Crippen LogP contribution in [-0.2, 0) is 4.79 Å². The van der Waals surface area contributed by atoms with Crippen molar-refractivity contribution in [1.29, 1.82) is 0 Å². The van der Waals surface area contributed by atoms with Crippen LogP contribution in [0, 0.1) is 0 Å². The minimum atomic E-state index is -0.00378. The second-order valence-electron chi connectivity index (χ2n) is 3.60. The monoisotopic (exact) mass is 254 g/mol. The summed E-state index contributed by atoms with van der Waals surface area (Å²) in [5.74, 6) is 1.67. The number of methoxy groups -OCH3 is 1. The lowest BCUT2D eigenvalue weighted by Crippen LogP contribution is -2.12. The number of carbonyl (C=O) groups excluding carboxylic acids is 1. The maximum absolute atomic E-state index is 11.6. The molecule has 4 nitrogen and oxygen atoms in total. The molecule has 0 atom stereocenters. The molecule has 17 heavy (non-hydrogen) atoms. The van der Waals surface area contributed by atoms with Crippen LogP contribution in [0.25, 0.3) is 0 Å². The Kier molecular flexibility index (Phi) is 5.69. The van der Waals surface area contributed by atoms with Crippen molar-refractivity contribution in [2.45, 2.75) is 12.8 Å². The number of nitrogens with one attached hydrogen (secondary N) is 1. The maximum Gasteiger partial charge on any atom is 0.224 e. The van der Waals surface area contributed by atoms with Crippen molar-refractivity contribution in [1.82, 2.24) is 0 Å². The van der Waals surface area contributed by atoms with E-state index in [9.17, 15) is 4.79 Å². The third-order valence-corrected chi connectivity index (χ3v) is 2.98. The maximum atomic E-state index is 11.6. The van der Waals surface area contributed by atoms with Crippen molar-refractivity contribution in [3.05, 3.63) is 18.2 Å². The number of anilines is 2. The normalized spacial score (nSPS) is 10.0. The first-order chi connectivity index (χ1) is 8.17. The highest BCUT2D eigenvalue weighted by Crippen LogP contribution is 2.24. The van der Waals surface area contributed by atoms with Crippen LogP contribution in [0.2, 0.25) is 0 Å². The van der Waals surface area contributed by atoms with Gasteiger partial charge in [-0.15, -0.1) is 0 Å². The fourth-order valence-electron chi connectivity index (χ4n) is 1.37. The molecule has 1 aromatic carbocycles. The Bertz CT molecular complexity index is 383. The van der Waals surface area contributed by atoms with Gasteiger partial charge in [0.15, 0.2) is 0 Å². The average molecular weight is 254 g/mol. The van der Waals surface area contributed by atoms with E-state index in [1.807, 2.05) is 6.26 Å². The van der Waals surface area contributed by atoms with Gasteiger partial charge in [0.1, 0.15) is 5.75 Å². The summed E-state index contributed by atoms with van der Waals surface area (Å²) in [7, 11) is 1.58. The first kappa shape index (κ1) is 13.7. The first-order valence-corrected chi connectivity index (χ1v) is 6.79. The van der Waals surface area contributed by atoms with Crippen molar-refractivity contribution in [3.63, 3.8) is 0 Å². The predicted octanol–water partition coefficient (Wildman–Crippen LogP) is 2.36. The van der Waals surface area contributed by atoms with Gasteiger partial charge in [-0.3, -0.25) is 4.79 Å². The Morgan fingerprint density at radius 1 is 1.53 bits per heavy atom. The molecule has 0 radical (unpaired) electrons. The number of rotatable bonds is 6. The molecule has 0 aliphatic heterocycles. The highest BCUT2D eigenvalue weighted by atomic mass is 32.2. The van der Waals surface area contributed by atoms with Crippen LogP contribution in [0.4, 0.5) is 11.4 Å². The van der Waals surface area contributed by atoms with Crippen LogP contribution < -0.4 is 15.8 Å². The molecule has 0 saturated carbocycles. The lowest BCUT2D eigenvalue weighted by atomic mass is 10.2. The lowest BCUT2D eigenvalue weighted by Gasteiger charge is -2.09. The van der Waals surface area contributed by atoms with Crippen LogP contribution in [0.3, 0.4) is 0 Å². The molecule has 0 bridgehead atoms. The summed E-state index contributed by atoms with van der Waals surface area (Å²) < 4.78 is 5.04. The van der Waals surface area contributed by atoms with E-state index in [-0.39, 0.29) is 5.91 Å². The fraction of sp³-hybridized carbons (Fsp3) is 0.417. The zero-order chi connectivity index (χ0) is 12.7. The molecule has 0 aliphatic rings. The Balaban J connectivity index is 2.53. The number of nitrogens with two attached hydrogens (primary N) is 1. The van der Waals surface area contributed by atoms with Gasteiger partial charge in [-0.25, -0.2) is 0 Å². The molecule has 3 N–H and O–H groups in total. The van der Waals surface area contributed by atoms with Crippen LogP contribution >= 0.6 is 11.8 Å². The van der Waals surface area contributed by atoms with Crippen LogP contribution in [0.1, 0.15) is 12.8 Å². The Morgan fingerprint density at radius 2 is 2.29 bits per heavy atom. The van der Waals surface area contributed by atoms with E-state index in [0.717, 1.165) is 12.2 Å². The number of thioether (sulfide) groups is 1. The molecule has 1 rings (SSSR count). The highest BCUT2D eigenvalue weighted by molar-refractivity contribution is 7.98. The van der Waals surface area contributed by atoms with Crippen LogP contribution in [-0.4, -0.2) is 25.0 Å². The minimum Gasteiger partial charge on any atom is -0.497 e. The summed E-state index contributed by atoms with van der Waals surface area (Å²) >= 11 is 1.74. The minimum absolute atomic E-state index is 0.00378. The van der Waals surface area contributed by atoms with Gasteiger partial charge in [-0.05, 0) is 30.6 Å². The number of amides is 1. The molecule has 94 valence electrons. The van der Waals surface area contributed by atoms with E-state index < -0.39 is 0 Å². The third kappa shape index (κ3) is 4.56. The number of benzene rings is 1. The Morgan fingerprint density at radius 3 is 2.88 bits per heavy atom. The lowest BCUT2D eigenvalue weighted by molar-refractivity contribution is -0.116. The van der Waals surface area contributed by atoms with Gasteiger partial charge >= 0.3 is 0 Å². The van der Waals surface area contributed by atoms with Gasteiger partial charge in [-0.1, -0.05) is 0 Å². The van der Waals surface area contributed by atoms with Crippen molar-refractivity contribution in [2.24, 2.45) is 0 Å². The van der Waals surface area contributed by atoms with Crippen LogP contribution in [0.15, 0.2) is 18.2 Å². The number of hydrogen-bond donors (Lipinski definition) is 2. The van der Waals surface area contributed by atoms with Crippen LogP contribution in [0.5, 0.6) is 5.75 Å². The molecule has 0 heterocycles. The SMILES string of the molecule is COc1ccc(NC(=O)CCCSC)c(N)c1. The van der Waals surface area contributed by atoms with Crippen molar-refractivity contribution >= 4 is 29.0 Å². The van der Waals surface area contributed by atoms with E-state index in [4.69, 9.17) is 10.5 Å². The number of nitrogen functional groups attached to an aromatic ring is 1. The molecule has 0 aliphatic carbocycles.